The molecule has 0 fully saturated rings. The summed E-state index contributed by atoms with van der Waals surface area (Å²) in [4.78, 5) is -0.284. The molecule has 2 N–H and O–H groups in total. The number of aromatic nitrogens is 2. The van der Waals surface area contributed by atoms with E-state index in [0.717, 1.165) is 42.5 Å². The highest BCUT2D eigenvalue weighted by Crippen LogP contribution is 2.35. The van der Waals surface area contributed by atoms with E-state index in [1.165, 1.54) is 0 Å². The molecule has 0 aliphatic heterocycles. The summed E-state index contributed by atoms with van der Waals surface area (Å²) in [6, 6.07) is 7.70. The lowest BCUT2D eigenvalue weighted by atomic mass is 10.1. The van der Waals surface area contributed by atoms with Crippen molar-refractivity contribution in [1.82, 2.24) is 9.78 Å². The van der Waals surface area contributed by atoms with Crippen LogP contribution >= 0.6 is 0 Å². The molecule has 2 aromatic carbocycles. The Bertz CT molecular complexity index is 1090. The van der Waals surface area contributed by atoms with E-state index >= 15 is 0 Å². The highest BCUT2D eigenvalue weighted by Gasteiger charge is 2.36. The van der Waals surface area contributed by atoms with Crippen molar-refractivity contribution in [2.45, 2.75) is 11.1 Å². The summed E-state index contributed by atoms with van der Waals surface area (Å²) in [6.07, 6.45) is -4.86. The highest BCUT2D eigenvalue weighted by molar-refractivity contribution is 7.89. The molecule has 0 bridgehead atoms. The molecule has 0 radical (unpaired) electrons. The Morgan fingerprint density at radius 1 is 0.963 bits per heavy atom. The van der Waals surface area contributed by atoms with Crippen molar-refractivity contribution < 1.29 is 30.4 Å². The minimum atomic E-state index is -4.86. The Morgan fingerprint density at radius 2 is 1.52 bits per heavy atom. The Morgan fingerprint density at radius 3 is 2.00 bits per heavy atom. The Labute approximate surface area is 149 Å². The van der Waals surface area contributed by atoms with Crippen LogP contribution in [0.15, 0.2) is 53.4 Å². The summed E-state index contributed by atoms with van der Waals surface area (Å²) < 4.78 is 90.7. The molecule has 3 rings (SSSR count). The number of benzene rings is 2. The number of alkyl halides is 3. The fourth-order valence-electron chi connectivity index (χ4n) is 2.41. The third-order valence-corrected chi connectivity index (χ3v) is 4.56. The highest BCUT2D eigenvalue weighted by atomic mass is 32.2. The van der Waals surface area contributed by atoms with Crippen LogP contribution in [0.3, 0.4) is 0 Å². The monoisotopic (exact) mass is 403 g/mol. The van der Waals surface area contributed by atoms with Gasteiger partial charge in [-0.1, -0.05) is 6.07 Å². The van der Waals surface area contributed by atoms with Gasteiger partial charge in [-0.15, -0.1) is 0 Å². The molecule has 0 aliphatic carbocycles. The van der Waals surface area contributed by atoms with Crippen LogP contribution in [0.4, 0.5) is 22.0 Å². The minimum absolute atomic E-state index is 0.0458. The number of rotatable bonds is 3. The zero-order valence-electron chi connectivity index (χ0n) is 13.2. The molecule has 5 nitrogen and oxygen atoms in total. The summed E-state index contributed by atoms with van der Waals surface area (Å²) in [5.41, 5.74) is -2.59. The van der Waals surface area contributed by atoms with Gasteiger partial charge >= 0.3 is 6.18 Å². The fourth-order valence-corrected chi connectivity index (χ4v) is 2.93. The number of halogens is 5. The van der Waals surface area contributed by atoms with Crippen LogP contribution in [0.25, 0.3) is 16.9 Å². The van der Waals surface area contributed by atoms with Crippen LogP contribution in [0.2, 0.25) is 0 Å². The van der Waals surface area contributed by atoms with Crippen molar-refractivity contribution in [1.29, 1.82) is 0 Å². The maximum absolute atomic E-state index is 14.1. The van der Waals surface area contributed by atoms with E-state index < -0.39 is 44.8 Å². The first-order chi connectivity index (χ1) is 12.5. The van der Waals surface area contributed by atoms with Crippen molar-refractivity contribution in [3.8, 4) is 16.9 Å². The lowest BCUT2D eigenvalue weighted by molar-refractivity contribution is -0.141. The molecule has 1 aromatic heterocycles. The van der Waals surface area contributed by atoms with Crippen molar-refractivity contribution in [2.24, 2.45) is 5.14 Å². The van der Waals surface area contributed by atoms with Crippen molar-refractivity contribution in [3.63, 3.8) is 0 Å². The van der Waals surface area contributed by atoms with Gasteiger partial charge in [0.05, 0.1) is 21.8 Å². The second kappa shape index (κ2) is 6.43. The molecule has 0 spiro atoms. The van der Waals surface area contributed by atoms with Crippen LogP contribution in [-0.2, 0) is 16.2 Å². The molecule has 0 unspecified atom stereocenters. The van der Waals surface area contributed by atoms with Gasteiger partial charge in [-0.3, -0.25) is 0 Å². The van der Waals surface area contributed by atoms with Gasteiger partial charge in [-0.05, 0) is 42.5 Å². The number of nitrogens with two attached hydrogens (primary N) is 1. The summed E-state index contributed by atoms with van der Waals surface area (Å²) in [6.45, 7) is 0. The predicted octanol–water partition coefficient (Wildman–Crippen LogP) is 3.48. The average Bonchev–Trinajstić information content (AvgIpc) is 2.99. The lowest BCUT2D eigenvalue weighted by Crippen LogP contribution is -2.12. The van der Waals surface area contributed by atoms with Gasteiger partial charge < -0.3 is 0 Å². The van der Waals surface area contributed by atoms with Crippen LogP contribution in [0.1, 0.15) is 5.69 Å². The largest absolute Gasteiger partial charge is 0.435 e. The van der Waals surface area contributed by atoms with Gasteiger partial charge in [-0.2, -0.15) is 18.3 Å². The van der Waals surface area contributed by atoms with Crippen molar-refractivity contribution >= 4 is 10.0 Å². The first kappa shape index (κ1) is 19.0. The third kappa shape index (κ3) is 3.69. The fraction of sp³-hybridized carbons (Fsp3) is 0.0625. The number of sulfonamides is 1. The molecule has 0 amide bonds. The van der Waals surface area contributed by atoms with Crippen LogP contribution < -0.4 is 5.14 Å². The van der Waals surface area contributed by atoms with Gasteiger partial charge in [0, 0.05) is 0 Å². The molecule has 27 heavy (non-hydrogen) atoms. The number of primary sulfonamides is 1. The molecule has 1 heterocycles. The summed E-state index contributed by atoms with van der Waals surface area (Å²) in [5.74, 6) is -2.16. The molecular formula is C16H10F5N3O2S. The summed E-state index contributed by atoms with van der Waals surface area (Å²) in [7, 11) is -4.03. The zero-order chi connectivity index (χ0) is 20.0. The molecule has 0 aliphatic rings. The van der Waals surface area contributed by atoms with E-state index in [1.807, 2.05) is 0 Å². The van der Waals surface area contributed by atoms with E-state index in [0.29, 0.717) is 10.7 Å². The van der Waals surface area contributed by atoms with Crippen LogP contribution in [-0.4, -0.2) is 18.2 Å². The number of hydrogen-bond acceptors (Lipinski definition) is 3. The van der Waals surface area contributed by atoms with Gasteiger partial charge in [-0.25, -0.2) is 27.0 Å². The van der Waals surface area contributed by atoms with E-state index in [4.69, 9.17) is 5.14 Å². The zero-order valence-corrected chi connectivity index (χ0v) is 14.0. The lowest BCUT2D eigenvalue weighted by Gasteiger charge is -2.10. The SMILES string of the molecule is NS(=O)(=O)c1ccc(-n2nc(C(F)(F)F)cc2-c2c(F)cccc2F)cc1. The first-order valence-electron chi connectivity index (χ1n) is 7.23. The molecule has 11 heteroatoms. The second-order valence-electron chi connectivity index (χ2n) is 5.46. The minimum Gasteiger partial charge on any atom is -0.232 e. The van der Waals surface area contributed by atoms with Gasteiger partial charge in [0.25, 0.3) is 0 Å². The second-order valence-corrected chi connectivity index (χ2v) is 7.02. The van der Waals surface area contributed by atoms with Gasteiger partial charge in [0.2, 0.25) is 10.0 Å². The Kier molecular flexibility index (Phi) is 4.52. The van der Waals surface area contributed by atoms with E-state index in [-0.39, 0.29) is 10.6 Å². The third-order valence-electron chi connectivity index (χ3n) is 3.63. The molecule has 142 valence electrons. The van der Waals surface area contributed by atoms with Crippen LogP contribution in [0.5, 0.6) is 0 Å². The van der Waals surface area contributed by atoms with Crippen molar-refractivity contribution in [2.75, 3.05) is 0 Å². The molecule has 3 aromatic rings. The van der Waals surface area contributed by atoms with E-state index in [1.54, 1.807) is 0 Å². The molecule has 0 atom stereocenters. The maximum atomic E-state index is 14.1. The van der Waals surface area contributed by atoms with E-state index in [2.05, 4.69) is 5.10 Å². The van der Waals surface area contributed by atoms with Crippen LogP contribution in [0, 0.1) is 11.6 Å². The van der Waals surface area contributed by atoms with Gasteiger partial charge in [0.1, 0.15) is 11.6 Å². The van der Waals surface area contributed by atoms with Crippen molar-refractivity contribution in [3.05, 3.63) is 65.9 Å². The topological polar surface area (TPSA) is 78.0 Å². The maximum Gasteiger partial charge on any atom is 0.435 e. The number of hydrogen-bond donors (Lipinski definition) is 1. The molecular weight excluding hydrogens is 393 g/mol. The summed E-state index contributed by atoms with van der Waals surface area (Å²) in [5, 5.41) is 8.35. The van der Waals surface area contributed by atoms with Gasteiger partial charge in [0.15, 0.2) is 5.69 Å². The van der Waals surface area contributed by atoms with E-state index in [9.17, 15) is 30.4 Å². The molecule has 0 saturated carbocycles. The normalized spacial score (nSPS) is 12.4. The molecule has 0 saturated heterocycles. The number of nitrogens with zero attached hydrogens (tertiary/aromatic N) is 2. The predicted molar refractivity (Wildman–Crippen MR) is 85.3 cm³/mol. The smallest absolute Gasteiger partial charge is 0.232 e. The Hall–Kier alpha value is -2.79. The quantitative estimate of drug-likeness (QED) is 0.680. The average molecular weight is 403 g/mol. The standard InChI is InChI=1S/C16H10F5N3O2S/c17-11-2-1-3-12(18)15(11)13-8-14(16(19,20)21)23-24(13)9-4-6-10(7-5-9)27(22,25)26/h1-8H,(H2,22,25,26). The summed E-state index contributed by atoms with van der Waals surface area (Å²) >= 11 is 0. The first-order valence-corrected chi connectivity index (χ1v) is 8.78. The Balaban J connectivity index is 2.25.